The molecule has 4 aromatic rings. The van der Waals surface area contributed by atoms with Crippen molar-refractivity contribution >= 4 is 41.6 Å². The number of rotatable bonds is 9. The van der Waals surface area contributed by atoms with Crippen LogP contribution >= 0.6 is 0 Å². The van der Waals surface area contributed by atoms with Crippen LogP contribution in [0.5, 0.6) is 0 Å². The molecule has 42 heavy (non-hydrogen) atoms. The van der Waals surface area contributed by atoms with Gasteiger partial charge in [-0.2, -0.15) is 9.97 Å². The van der Waals surface area contributed by atoms with Crippen molar-refractivity contribution in [1.29, 1.82) is 0 Å². The summed E-state index contributed by atoms with van der Waals surface area (Å²) in [5.74, 6) is 0.447. The molecule has 1 saturated heterocycles. The minimum atomic E-state index is -3.00. The van der Waals surface area contributed by atoms with Crippen molar-refractivity contribution < 1.29 is 23.8 Å². The highest BCUT2D eigenvalue weighted by Gasteiger charge is 2.59. The number of anilines is 2. The number of fused-ring (bicyclic) bond motifs is 1. The van der Waals surface area contributed by atoms with E-state index in [1.165, 1.54) is 10.9 Å². The normalized spacial score (nSPS) is 24.8. The van der Waals surface area contributed by atoms with Crippen molar-refractivity contribution in [3.05, 3.63) is 67.0 Å². The summed E-state index contributed by atoms with van der Waals surface area (Å²) in [7, 11) is -3.00. The standard InChI is InChI=1S/C30H37FN6O4Si/c1-29(2,3)42(20-10-6-4-7-11-20,21-12-8-5-9-13-21)40-16-22-24(39)30(31,17-38)27(41-22)37-18-33-23-25(34-19-14-15-19)35-28(32)36-26(23)37/h4-13,18-19,22,24,27,38-39H,14-17H2,1-3H3,(H3,32,34,35,36)/t22-,24-,27-,30-/m1/s1. The molecule has 2 aromatic carbocycles. The lowest BCUT2D eigenvalue weighted by Gasteiger charge is -2.43. The number of nitrogens with two attached hydrogens (primary N) is 1. The topological polar surface area (TPSA) is 141 Å². The molecule has 2 fully saturated rings. The predicted octanol–water partition coefficient (Wildman–Crippen LogP) is 2.52. The highest BCUT2D eigenvalue weighted by molar-refractivity contribution is 6.99. The molecule has 0 amide bonds. The number of alkyl halides is 1. The van der Waals surface area contributed by atoms with Gasteiger partial charge in [0.15, 0.2) is 23.2 Å². The Hall–Kier alpha value is -3.42. The maximum atomic E-state index is 16.6. The Morgan fingerprint density at radius 2 is 1.71 bits per heavy atom. The molecule has 0 unspecified atom stereocenters. The first kappa shape index (κ1) is 28.7. The van der Waals surface area contributed by atoms with Gasteiger partial charge in [-0.05, 0) is 28.3 Å². The Kier molecular flexibility index (Phi) is 7.30. The molecule has 5 N–H and O–H groups in total. The molecule has 1 aliphatic heterocycles. The van der Waals surface area contributed by atoms with Crippen molar-refractivity contribution in [2.24, 2.45) is 0 Å². The lowest BCUT2D eigenvalue weighted by molar-refractivity contribution is -0.0807. The van der Waals surface area contributed by atoms with Gasteiger partial charge in [-0.15, -0.1) is 0 Å². The second-order valence-electron chi connectivity index (χ2n) is 12.2. The Balaban J connectivity index is 1.36. The zero-order chi connectivity index (χ0) is 29.7. The molecule has 3 heterocycles. The van der Waals surface area contributed by atoms with E-state index in [0.29, 0.717) is 11.3 Å². The largest absolute Gasteiger partial charge is 0.405 e. The second kappa shape index (κ2) is 10.7. The first-order chi connectivity index (χ1) is 20.1. The van der Waals surface area contributed by atoms with Crippen LogP contribution in [0.2, 0.25) is 5.04 Å². The van der Waals surface area contributed by atoms with Crippen LogP contribution in [0.15, 0.2) is 67.0 Å². The Bertz CT molecular complexity index is 1510. The van der Waals surface area contributed by atoms with Gasteiger partial charge in [0.25, 0.3) is 8.32 Å². The molecule has 12 heteroatoms. The summed E-state index contributed by atoms with van der Waals surface area (Å²) in [6, 6.07) is 20.3. The molecule has 0 spiro atoms. The number of benzene rings is 2. The zero-order valence-electron chi connectivity index (χ0n) is 23.9. The second-order valence-corrected chi connectivity index (χ2v) is 16.5. The van der Waals surface area contributed by atoms with Gasteiger partial charge in [0.2, 0.25) is 11.6 Å². The molecule has 222 valence electrons. The van der Waals surface area contributed by atoms with Gasteiger partial charge >= 0.3 is 0 Å². The third kappa shape index (κ3) is 4.76. The fourth-order valence-corrected chi connectivity index (χ4v) is 10.6. The molecule has 1 saturated carbocycles. The van der Waals surface area contributed by atoms with Gasteiger partial charge in [0.1, 0.15) is 12.2 Å². The number of aliphatic hydroxyl groups excluding tert-OH is 2. The van der Waals surface area contributed by atoms with Crippen molar-refractivity contribution in [2.45, 2.75) is 68.8 Å². The van der Waals surface area contributed by atoms with Crippen LogP contribution < -0.4 is 21.4 Å². The number of nitrogens with zero attached hydrogens (tertiary/aromatic N) is 4. The number of aromatic nitrogens is 4. The summed E-state index contributed by atoms with van der Waals surface area (Å²) in [6.45, 7) is 5.32. The zero-order valence-corrected chi connectivity index (χ0v) is 24.9. The first-order valence-corrected chi connectivity index (χ1v) is 16.1. The molecule has 0 radical (unpaired) electrons. The number of aliphatic hydroxyl groups is 2. The molecular weight excluding hydrogens is 555 g/mol. The van der Waals surface area contributed by atoms with E-state index in [0.717, 1.165) is 23.2 Å². The van der Waals surface area contributed by atoms with Crippen molar-refractivity contribution in [3.8, 4) is 0 Å². The Labute approximate surface area is 244 Å². The number of imidazole rings is 1. The van der Waals surface area contributed by atoms with Gasteiger partial charge in [0.05, 0.1) is 19.5 Å². The van der Waals surface area contributed by atoms with Crippen molar-refractivity contribution in [3.63, 3.8) is 0 Å². The lowest BCUT2D eigenvalue weighted by atomic mass is 9.97. The molecule has 4 atom stereocenters. The van der Waals surface area contributed by atoms with Crippen LogP contribution in [-0.4, -0.2) is 75.2 Å². The monoisotopic (exact) mass is 592 g/mol. The third-order valence-electron chi connectivity index (χ3n) is 8.29. The SMILES string of the molecule is CC(C)(C)[Si](OC[C@H]1O[C@@H](n2cnc3c(NC4CC4)nc(N)nc32)[C@@](F)(CO)[C@@H]1O)(c1ccccc1)c1ccccc1. The van der Waals surface area contributed by atoms with Gasteiger partial charge in [-0.3, -0.25) is 4.57 Å². The molecule has 0 bridgehead atoms. The van der Waals surface area contributed by atoms with E-state index in [1.54, 1.807) is 0 Å². The average molecular weight is 593 g/mol. The van der Waals surface area contributed by atoms with Gasteiger partial charge in [-0.1, -0.05) is 81.4 Å². The van der Waals surface area contributed by atoms with E-state index in [9.17, 15) is 10.2 Å². The molecule has 2 aromatic heterocycles. The quantitative estimate of drug-likeness (QED) is 0.216. The number of nitrogens with one attached hydrogen (secondary N) is 1. The molecular formula is C30H37FN6O4Si. The maximum absolute atomic E-state index is 16.6. The molecule has 10 nitrogen and oxygen atoms in total. The highest BCUT2D eigenvalue weighted by atomic mass is 28.4. The first-order valence-electron chi connectivity index (χ1n) is 14.2. The van der Waals surface area contributed by atoms with Crippen molar-refractivity contribution in [1.82, 2.24) is 19.5 Å². The lowest BCUT2D eigenvalue weighted by Crippen LogP contribution is -2.67. The van der Waals surface area contributed by atoms with E-state index in [1.807, 2.05) is 36.4 Å². The summed E-state index contributed by atoms with van der Waals surface area (Å²) >= 11 is 0. The van der Waals surface area contributed by atoms with E-state index in [4.69, 9.17) is 14.9 Å². The van der Waals surface area contributed by atoms with Gasteiger partial charge in [0, 0.05) is 6.04 Å². The van der Waals surface area contributed by atoms with E-state index < -0.39 is 39.0 Å². The number of hydrogen-bond donors (Lipinski definition) is 4. The smallest absolute Gasteiger partial charge is 0.261 e. The van der Waals surface area contributed by atoms with Crippen LogP contribution in [0.1, 0.15) is 39.8 Å². The third-order valence-corrected chi connectivity index (χ3v) is 13.3. The molecule has 6 rings (SSSR count). The van der Waals surface area contributed by atoms with E-state index >= 15 is 4.39 Å². The Morgan fingerprint density at radius 3 is 2.26 bits per heavy atom. The fraction of sp³-hybridized carbons (Fsp3) is 0.433. The van der Waals surface area contributed by atoms with Crippen molar-refractivity contribution in [2.75, 3.05) is 24.3 Å². The molecule has 1 aliphatic carbocycles. The van der Waals surface area contributed by atoms with Gasteiger partial charge in [-0.25, -0.2) is 9.37 Å². The van der Waals surface area contributed by atoms with Crippen LogP contribution in [0.25, 0.3) is 11.2 Å². The summed E-state index contributed by atoms with van der Waals surface area (Å²) in [6.07, 6.45) is -0.812. The summed E-state index contributed by atoms with van der Waals surface area (Å²) in [5.41, 5.74) is 4.09. The summed E-state index contributed by atoms with van der Waals surface area (Å²) < 4.78 is 31.0. The average Bonchev–Trinajstić information content (AvgIpc) is 3.64. The van der Waals surface area contributed by atoms with Crippen LogP contribution in [0.4, 0.5) is 16.2 Å². The Morgan fingerprint density at radius 1 is 1.10 bits per heavy atom. The molecule has 2 aliphatic rings. The number of halogens is 1. The highest BCUT2D eigenvalue weighted by Crippen LogP contribution is 2.44. The van der Waals surface area contributed by atoms with E-state index in [2.05, 4.69) is 65.3 Å². The van der Waals surface area contributed by atoms with Crippen LogP contribution in [0.3, 0.4) is 0 Å². The number of hydrogen-bond acceptors (Lipinski definition) is 9. The van der Waals surface area contributed by atoms with Gasteiger partial charge < -0.3 is 30.4 Å². The summed E-state index contributed by atoms with van der Waals surface area (Å²) in [4.78, 5) is 13.0. The minimum absolute atomic E-state index is 0.00836. The summed E-state index contributed by atoms with van der Waals surface area (Å²) in [5, 5.41) is 26.6. The maximum Gasteiger partial charge on any atom is 0.261 e. The van der Waals surface area contributed by atoms with Crippen LogP contribution in [-0.2, 0) is 9.16 Å². The predicted molar refractivity (Wildman–Crippen MR) is 161 cm³/mol. The minimum Gasteiger partial charge on any atom is -0.405 e. The van der Waals surface area contributed by atoms with E-state index in [-0.39, 0.29) is 29.3 Å². The fourth-order valence-electron chi connectivity index (χ4n) is 6.00. The van der Waals surface area contributed by atoms with Crippen LogP contribution in [0, 0.1) is 0 Å². The number of ether oxygens (including phenoxy) is 1. The number of nitrogen functional groups attached to an aromatic ring is 1.